The van der Waals surface area contributed by atoms with Gasteiger partial charge in [0.15, 0.2) is 6.29 Å². The van der Waals surface area contributed by atoms with Crippen LogP contribution >= 0.6 is 0 Å². The molecule has 1 aromatic rings. The summed E-state index contributed by atoms with van der Waals surface area (Å²) in [6.07, 6.45) is 8.53. The predicted molar refractivity (Wildman–Crippen MR) is 112 cm³/mol. The first kappa shape index (κ1) is 22.5. The zero-order valence-electron chi connectivity index (χ0n) is 18.0. The number of hydrogen-bond acceptors (Lipinski definition) is 7. The zero-order chi connectivity index (χ0) is 22.1. The van der Waals surface area contributed by atoms with Gasteiger partial charge in [0.25, 0.3) is 0 Å². The Morgan fingerprint density at radius 2 is 1.90 bits per heavy atom. The monoisotopic (exact) mass is 418 g/mol. The lowest BCUT2D eigenvalue weighted by atomic mass is 9.69. The van der Waals surface area contributed by atoms with Crippen LogP contribution in [0.25, 0.3) is 6.08 Å². The predicted octanol–water partition coefficient (Wildman–Crippen LogP) is 2.73. The normalized spacial score (nSPS) is 36.4. The van der Waals surface area contributed by atoms with Gasteiger partial charge in [-0.15, -0.1) is 0 Å². The fourth-order valence-electron chi connectivity index (χ4n) is 4.19. The molecule has 2 N–H and O–H groups in total. The van der Waals surface area contributed by atoms with Gasteiger partial charge in [-0.2, -0.15) is 0 Å². The van der Waals surface area contributed by atoms with Gasteiger partial charge in [0.2, 0.25) is 0 Å². The van der Waals surface area contributed by atoms with E-state index in [0.717, 1.165) is 5.56 Å². The number of aliphatic hydroxyl groups excluding tert-OH is 1. The highest BCUT2D eigenvalue weighted by Crippen LogP contribution is 2.55. The smallest absolute Gasteiger partial charge is 0.339 e. The Labute approximate surface area is 176 Å². The van der Waals surface area contributed by atoms with Crippen LogP contribution in [0.3, 0.4) is 0 Å². The first-order valence-corrected chi connectivity index (χ1v) is 10.1. The first-order chi connectivity index (χ1) is 14.2. The van der Waals surface area contributed by atoms with Crippen molar-refractivity contribution >= 4 is 6.08 Å². The lowest BCUT2D eigenvalue weighted by molar-refractivity contribution is -0.144. The minimum Gasteiger partial charge on any atom is -0.496 e. The van der Waals surface area contributed by atoms with Crippen LogP contribution in [0.5, 0.6) is 5.75 Å². The molecule has 0 radical (unpaired) electrons. The van der Waals surface area contributed by atoms with Crippen LogP contribution in [-0.2, 0) is 9.47 Å². The Bertz CT molecular complexity index is 911. The quantitative estimate of drug-likeness (QED) is 0.686. The molecule has 7 heteroatoms. The molecular formula is C23H30O7. The second-order valence-electron chi connectivity index (χ2n) is 8.09. The Morgan fingerprint density at radius 3 is 2.53 bits per heavy atom. The number of fused-ring (bicyclic) bond motifs is 1. The molecule has 0 spiro atoms. The standard InChI is InChI=1S/C23H30O7/c1-6-18-23(4,26)22(3)20(25)16(29-21(22)30-18)12-10-8-7-9-11-15-14(2)17(27-5)13-19(24)28-15/h7-13,16,18,20-21,25-26H,6H2,1-5H3/t16-,18-,20+,21+,22+,23+/m1/s1. The van der Waals surface area contributed by atoms with Crippen LogP contribution in [0.2, 0.25) is 0 Å². The molecule has 0 bridgehead atoms. The molecule has 3 rings (SSSR count). The second kappa shape index (κ2) is 8.51. The number of rotatable bonds is 6. The summed E-state index contributed by atoms with van der Waals surface area (Å²) in [6, 6.07) is 1.30. The van der Waals surface area contributed by atoms with Crippen molar-refractivity contribution in [3.05, 3.63) is 58.2 Å². The maximum atomic E-state index is 11.6. The van der Waals surface area contributed by atoms with Crippen LogP contribution < -0.4 is 10.4 Å². The molecule has 0 aliphatic carbocycles. The molecule has 164 valence electrons. The molecular weight excluding hydrogens is 388 g/mol. The minimum atomic E-state index is -1.19. The van der Waals surface area contributed by atoms with Gasteiger partial charge in [0.05, 0.1) is 30.8 Å². The van der Waals surface area contributed by atoms with Crippen molar-refractivity contribution in [1.29, 1.82) is 0 Å². The lowest BCUT2D eigenvalue weighted by Gasteiger charge is -2.38. The van der Waals surface area contributed by atoms with Gasteiger partial charge < -0.3 is 28.8 Å². The average Bonchev–Trinajstić information content (AvgIpc) is 3.07. The molecule has 7 nitrogen and oxygen atoms in total. The number of allylic oxidation sites excluding steroid dienone is 4. The summed E-state index contributed by atoms with van der Waals surface area (Å²) in [5.74, 6) is 0.901. The van der Waals surface area contributed by atoms with Gasteiger partial charge in [-0.25, -0.2) is 4.79 Å². The first-order valence-electron chi connectivity index (χ1n) is 10.1. The van der Waals surface area contributed by atoms with Gasteiger partial charge in [0, 0.05) is 5.56 Å². The molecule has 1 aromatic heterocycles. The van der Waals surface area contributed by atoms with Crippen molar-refractivity contribution in [3.8, 4) is 5.75 Å². The Morgan fingerprint density at radius 1 is 1.20 bits per heavy atom. The summed E-state index contributed by atoms with van der Waals surface area (Å²) >= 11 is 0. The summed E-state index contributed by atoms with van der Waals surface area (Å²) in [4.78, 5) is 11.6. The Kier molecular flexibility index (Phi) is 6.38. The summed E-state index contributed by atoms with van der Waals surface area (Å²) in [5, 5.41) is 21.8. The number of methoxy groups -OCH3 is 1. The molecule has 0 amide bonds. The van der Waals surface area contributed by atoms with Gasteiger partial charge in [-0.1, -0.05) is 37.3 Å². The van der Waals surface area contributed by atoms with Crippen LogP contribution in [0.1, 0.15) is 38.5 Å². The van der Waals surface area contributed by atoms with Crippen molar-refractivity contribution < 1.29 is 28.8 Å². The van der Waals surface area contributed by atoms with E-state index in [4.69, 9.17) is 18.6 Å². The van der Waals surface area contributed by atoms with Gasteiger partial charge in [-0.3, -0.25) is 0 Å². The number of aliphatic hydroxyl groups is 2. The van der Waals surface area contributed by atoms with Gasteiger partial charge in [-0.05, 0) is 33.3 Å². The van der Waals surface area contributed by atoms with E-state index in [9.17, 15) is 15.0 Å². The zero-order valence-corrected chi connectivity index (χ0v) is 18.0. The van der Waals surface area contributed by atoms with E-state index in [2.05, 4.69) is 0 Å². The lowest BCUT2D eigenvalue weighted by Crippen LogP contribution is -2.54. The van der Waals surface area contributed by atoms with E-state index in [1.807, 2.05) is 6.92 Å². The molecule has 6 atom stereocenters. The van der Waals surface area contributed by atoms with Crippen molar-refractivity contribution in [2.24, 2.45) is 5.41 Å². The van der Waals surface area contributed by atoms with Crippen LogP contribution in [0.15, 0.2) is 45.7 Å². The third-order valence-corrected chi connectivity index (χ3v) is 6.37. The SMILES string of the molecule is CC[C@H]1O[C@@H]2O[C@H](C=CC=CC=Cc3oc(=O)cc(OC)c3C)[C@H](O)[C@]2(C)[C@@]1(C)O. The average molecular weight is 418 g/mol. The summed E-state index contributed by atoms with van der Waals surface area (Å²) in [7, 11) is 1.50. The molecule has 0 unspecified atom stereocenters. The molecule has 0 saturated carbocycles. The van der Waals surface area contributed by atoms with E-state index in [0.29, 0.717) is 17.9 Å². The number of ether oxygens (including phenoxy) is 3. The van der Waals surface area contributed by atoms with E-state index >= 15 is 0 Å². The van der Waals surface area contributed by atoms with E-state index in [-0.39, 0.29) is 6.10 Å². The van der Waals surface area contributed by atoms with E-state index in [1.165, 1.54) is 13.2 Å². The highest BCUT2D eigenvalue weighted by atomic mass is 16.7. The summed E-state index contributed by atoms with van der Waals surface area (Å²) < 4.78 is 22.0. The third-order valence-electron chi connectivity index (χ3n) is 6.37. The maximum absolute atomic E-state index is 11.6. The topological polar surface area (TPSA) is 98.4 Å². The molecule has 30 heavy (non-hydrogen) atoms. The highest BCUT2D eigenvalue weighted by Gasteiger charge is 2.69. The van der Waals surface area contributed by atoms with Crippen LogP contribution in [-0.4, -0.2) is 47.5 Å². The van der Waals surface area contributed by atoms with Crippen molar-refractivity contribution in [2.75, 3.05) is 7.11 Å². The Hall–Kier alpha value is -2.19. The highest BCUT2D eigenvalue weighted by molar-refractivity contribution is 5.52. The van der Waals surface area contributed by atoms with E-state index < -0.39 is 35.1 Å². The van der Waals surface area contributed by atoms with Gasteiger partial charge in [0.1, 0.15) is 23.2 Å². The van der Waals surface area contributed by atoms with Crippen molar-refractivity contribution in [1.82, 2.24) is 0 Å². The fourth-order valence-corrected chi connectivity index (χ4v) is 4.19. The second-order valence-corrected chi connectivity index (χ2v) is 8.09. The maximum Gasteiger partial charge on any atom is 0.339 e. The third kappa shape index (κ3) is 3.67. The van der Waals surface area contributed by atoms with Crippen LogP contribution in [0.4, 0.5) is 0 Å². The van der Waals surface area contributed by atoms with Crippen LogP contribution in [0, 0.1) is 12.3 Å². The molecule has 3 heterocycles. The van der Waals surface area contributed by atoms with Crippen molar-refractivity contribution in [3.63, 3.8) is 0 Å². The molecule has 0 aromatic carbocycles. The van der Waals surface area contributed by atoms with Gasteiger partial charge >= 0.3 is 5.63 Å². The molecule has 2 fully saturated rings. The molecule has 2 aliphatic heterocycles. The Balaban J connectivity index is 1.65. The summed E-state index contributed by atoms with van der Waals surface area (Å²) in [5.41, 5.74) is -1.84. The largest absolute Gasteiger partial charge is 0.496 e. The fraction of sp³-hybridized carbons (Fsp3) is 0.522. The minimum absolute atomic E-state index is 0.378. The van der Waals surface area contributed by atoms with Crippen molar-refractivity contribution in [2.45, 2.75) is 64.3 Å². The summed E-state index contributed by atoms with van der Waals surface area (Å²) in [6.45, 7) is 7.24. The number of hydrogen-bond donors (Lipinski definition) is 2. The van der Waals surface area contributed by atoms with E-state index in [1.54, 1.807) is 57.2 Å². The molecule has 2 saturated heterocycles. The molecule has 2 aliphatic rings.